The average Bonchev–Trinajstić information content (AvgIpc) is 2.88. The number of carbonyl (C=O) groups is 1. The molecule has 2 fully saturated rings. The van der Waals surface area contributed by atoms with Crippen LogP contribution in [0.5, 0.6) is 5.75 Å². The number of aliphatic hydroxyl groups is 1. The van der Waals surface area contributed by atoms with Crippen LogP contribution in [0.4, 0.5) is 10.5 Å². The van der Waals surface area contributed by atoms with Gasteiger partial charge in [-0.15, -0.1) is 0 Å². The molecule has 0 spiro atoms. The molecule has 2 aliphatic rings. The molecule has 1 saturated heterocycles. The Kier molecular flexibility index (Phi) is 4.55. The minimum absolute atomic E-state index is 0.0806. The molecular weight excluding hydrogens is 328 g/mol. The highest BCUT2D eigenvalue weighted by atomic mass is 16.5. The molecule has 1 unspecified atom stereocenters. The molecule has 1 saturated carbocycles. The Morgan fingerprint density at radius 3 is 2.42 bits per heavy atom. The van der Waals surface area contributed by atoms with Crippen LogP contribution in [0, 0.1) is 11.8 Å². The number of fused-ring (bicyclic) bond motifs is 2. The number of benzene rings is 2. The largest absolute Gasteiger partial charge is 0.497 e. The molecule has 2 aromatic carbocycles. The van der Waals surface area contributed by atoms with Crippen molar-refractivity contribution in [1.29, 1.82) is 0 Å². The zero-order chi connectivity index (χ0) is 18.1. The van der Waals surface area contributed by atoms with Crippen LogP contribution >= 0.6 is 0 Å². The highest BCUT2D eigenvalue weighted by molar-refractivity contribution is 5.89. The Bertz CT molecular complexity index is 776. The first-order valence-electron chi connectivity index (χ1n) is 9.12. The van der Waals surface area contributed by atoms with Crippen molar-refractivity contribution in [3.63, 3.8) is 0 Å². The van der Waals surface area contributed by atoms with E-state index < -0.39 is 0 Å². The van der Waals surface area contributed by atoms with Crippen molar-refractivity contribution in [2.45, 2.75) is 18.9 Å². The number of carbonyl (C=O) groups excluding carboxylic acids is 1. The Morgan fingerprint density at radius 1 is 1.08 bits per heavy atom. The lowest BCUT2D eigenvalue weighted by atomic mass is 9.95. The van der Waals surface area contributed by atoms with Gasteiger partial charge >= 0.3 is 6.03 Å². The van der Waals surface area contributed by atoms with E-state index in [1.165, 1.54) is 0 Å². The topological polar surface area (TPSA) is 61.8 Å². The molecule has 1 aliphatic heterocycles. The summed E-state index contributed by atoms with van der Waals surface area (Å²) >= 11 is 0. The fourth-order valence-corrected chi connectivity index (χ4v) is 4.11. The molecule has 2 amide bonds. The summed E-state index contributed by atoms with van der Waals surface area (Å²) in [6.45, 7) is 1.29. The second kappa shape index (κ2) is 7.00. The standard InChI is InChI=1S/C21H24N2O3/c1-26-19-4-2-3-15(11-19)14-7-9-18(10-8-14)22-21(25)23-12-16-5-6-17(13-23)20(16)24/h2-4,7-11,16-17,20,24H,5-6,12-13H2,1H3,(H,22,25)/t16-,17+,20?. The van der Waals surface area contributed by atoms with E-state index in [9.17, 15) is 9.90 Å². The molecule has 1 heterocycles. The van der Waals surface area contributed by atoms with E-state index in [2.05, 4.69) is 5.32 Å². The Labute approximate surface area is 153 Å². The van der Waals surface area contributed by atoms with Crippen molar-refractivity contribution in [2.24, 2.45) is 11.8 Å². The van der Waals surface area contributed by atoms with Gasteiger partial charge in [0.05, 0.1) is 13.2 Å². The number of piperidine rings is 1. The lowest BCUT2D eigenvalue weighted by molar-refractivity contribution is 0.0326. The zero-order valence-electron chi connectivity index (χ0n) is 14.9. The molecule has 4 rings (SSSR count). The van der Waals surface area contributed by atoms with Crippen molar-refractivity contribution in [2.75, 3.05) is 25.5 Å². The number of anilines is 1. The lowest BCUT2D eigenvalue weighted by Crippen LogP contribution is -2.48. The predicted molar refractivity (Wildman–Crippen MR) is 101 cm³/mol. The predicted octanol–water partition coefficient (Wildman–Crippen LogP) is 3.60. The molecular formula is C21H24N2O3. The minimum atomic E-state index is -0.235. The van der Waals surface area contributed by atoms with E-state index in [1.54, 1.807) is 7.11 Å². The van der Waals surface area contributed by atoms with Crippen LogP contribution < -0.4 is 10.1 Å². The van der Waals surface area contributed by atoms with Crippen molar-refractivity contribution < 1.29 is 14.6 Å². The molecule has 26 heavy (non-hydrogen) atoms. The number of hydrogen-bond donors (Lipinski definition) is 2. The smallest absolute Gasteiger partial charge is 0.321 e. The van der Waals surface area contributed by atoms with Gasteiger partial charge in [-0.3, -0.25) is 0 Å². The first-order valence-corrected chi connectivity index (χ1v) is 9.12. The highest BCUT2D eigenvalue weighted by Gasteiger charge is 2.42. The van der Waals surface area contributed by atoms with Crippen LogP contribution in [0.2, 0.25) is 0 Å². The molecule has 3 atom stereocenters. The Balaban J connectivity index is 1.42. The summed E-state index contributed by atoms with van der Waals surface area (Å²) in [5.41, 5.74) is 2.92. The van der Waals surface area contributed by atoms with Gasteiger partial charge in [0.15, 0.2) is 0 Å². The second-order valence-corrected chi connectivity index (χ2v) is 7.23. The summed E-state index contributed by atoms with van der Waals surface area (Å²) in [6, 6.07) is 15.6. The van der Waals surface area contributed by atoms with E-state index in [4.69, 9.17) is 4.74 Å². The summed E-state index contributed by atoms with van der Waals surface area (Å²) in [4.78, 5) is 14.4. The maximum absolute atomic E-state index is 12.5. The third-order valence-corrected chi connectivity index (χ3v) is 5.61. The molecule has 0 radical (unpaired) electrons. The summed E-state index contributed by atoms with van der Waals surface area (Å²) in [7, 11) is 1.66. The molecule has 1 aliphatic carbocycles. The van der Waals surface area contributed by atoms with Gasteiger partial charge in [-0.1, -0.05) is 24.3 Å². The van der Waals surface area contributed by atoms with Crippen LogP contribution in [0.1, 0.15) is 12.8 Å². The quantitative estimate of drug-likeness (QED) is 0.887. The molecule has 0 aromatic heterocycles. The third-order valence-electron chi connectivity index (χ3n) is 5.61. The van der Waals surface area contributed by atoms with E-state index in [0.717, 1.165) is 35.4 Å². The number of nitrogens with one attached hydrogen (secondary N) is 1. The normalized spacial score (nSPS) is 24.4. The second-order valence-electron chi connectivity index (χ2n) is 7.23. The molecule has 5 heteroatoms. The summed E-state index contributed by atoms with van der Waals surface area (Å²) < 4.78 is 5.27. The third kappa shape index (κ3) is 3.27. The summed E-state index contributed by atoms with van der Waals surface area (Å²) in [5, 5.41) is 13.1. The maximum Gasteiger partial charge on any atom is 0.321 e. The van der Waals surface area contributed by atoms with Crippen LogP contribution in [-0.4, -0.2) is 42.3 Å². The summed E-state index contributed by atoms with van der Waals surface area (Å²) in [5.74, 6) is 1.28. The van der Waals surface area contributed by atoms with Gasteiger partial charge < -0.3 is 20.1 Å². The van der Waals surface area contributed by atoms with Gasteiger partial charge in [0, 0.05) is 30.6 Å². The first-order chi connectivity index (χ1) is 12.6. The van der Waals surface area contributed by atoms with Crippen molar-refractivity contribution >= 4 is 11.7 Å². The molecule has 2 bridgehead atoms. The fraction of sp³-hybridized carbons (Fsp3) is 0.381. The number of amides is 2. The number of nitrogens with zero attached hydrogens (tertiary/aromatic N) is 1. The van der Waals surface area contributed by atoms with Crippen LogP contribution in [0.15, 0.2) is 48.5 Å². The lowest BCUT2D eigenvalue weighted by Gasteiger charge is -2.35. The summed E-state index contributed by atoms with van der Waals surface area (Å²) in [6.07, 6.45) is 1.80. The SMILES string of the molecule is COc1cccc(-c2ccc(NC(=O)N3C[C@H]4CC[C@@H](C3)C4O)cc2)c1. The monoisotopic (exact) mass is 352 g/mol. The van der Waals surface area contributed by atoms with Crippen molar-refractivity contribution in [3.8, 4) is 16.9 Å². The van der Waals surface area contributed by atoms with Crippen molar-refractivity contribution in [1.82, 2.24) is 4.90 Å². The van der Waals surface area contributed by atoms with Gasteiger partial charge in [0.2, 0.25) is 0 Å². The number of aliphatic hydroxyl groups excluding tert-OH is 1. The van der Waals surface area contributed by atoms with E-state index in [0.29, 0.717) is 13.1 Å². The van der Waals surface area contributed by atoms with Gasteiger partial charge in [0.1, 0.15) is 5.75 Å². The molecule has 2 aromatic rings. The molecule has 2 N–H and O–H groups in total. The number of hydrogen-bond acceptors (Lipinski definition) is 3. The maximum atomic E-state index is 12.5. The minimum Gasteiger partial charge on any atom is -0.497 e. The number of urea groups is 1. The molecule has 5 nitrogen and oxygen atoms in total. The van der Waals surface area contributed by atoms with Gasteiger partial charge in [-0.25, -0.2) is 4.79 Å². The number of methoxy groups -OCH3 is 1. The zero-order valence-corrected chi connectivity index (χ0v) is 14.9. The number of likely N-dealkylation sites (tertiary alicyclic amines) is 1. The van der Waals surface area contributed by atoms with E-state index in [1.807, 2.05) is 53.4 Å². The van der Waals surface area contributed by atoms with Gasteiger partial charge in [-0.05, 0) is 48.2 Å². The molecule has 136 valence electrons. The van der Waals surface area contributed by atoms with Crippen molar-refractivity contribution in [3.05, 3.63) is 48.5 Å². The fourth-order valence-electron chi connectivity index (χ4n) is 4.11. The van der Waals surface area contributed by atoms with Crippen LogP contribution in [-0.2, 0) is 0 Å². The first kappa shape index (κ1) is 16.9. The van der Waals surface area contributed by atoms with Gasteiger partial charge in [0.25, 0.3) is 0 Å². The van der Waals surface area contributed by atoms with Crippen LogP contribution in [0.25, 0.3) is 11.1 Å². The Morgan fingerprint density at radius 2 is 1.77 bits per heavy atom. The number of ether oxygens (including phenoxy) is 1. The van der Waals surface area contributed by atoms with Crippen LogP contribution in [0.3, 0.4) is 0 Å². The Hall–Kier alpha value is -2.53. The highest BCUT2D eigenvalue weighted by Crippen LogP contribution is 2.37. The average molecular weight is 352 g/mol. The van der Waals surface area contributed by atoms with E-state index in [-0.39, 0.29) is 24.0 Å². The number of rotatable bonds is 3. The van der Waals surface area contributed by atoms with Gasteiger partial charge in [-0.2, -0.15) is 0 Å². The van der Waals surface area contributed by atoms with E-state index >= 15 is 0 Å².